The van der Waals surface area contributed by atoms with Gasteiger partial charge in [-0.1, -0.05) is 30.3 Å². The van der Waals surface area contributed by atoms with Crippen LogP contribution in [0.15, 0.2) is 54.6 Å². The Hall–Kier alpha value is -2.59. The van der Waals surface area contributed by atoms with Gasteiger partial charge < -0.3 is 14.2 Å². The van der Waals surface area contributed by atoms with E-state index in [0.29, 0.717) is 11.3 Å². The molecule has 0 radical (unpaired) electrons. The molecule has 0 aliphatic rings. The highest BCUT2D eigenvalue weighted by molar-refractivity contribution is 6.08. The molecule has 0 saturated heterocycles. The standard InChI is InChI=1S/C18H18O4/c1-20-13-22-18-6-4-3-5-16(18)17(19)12-9-14-7-10-15(21-2)11-8-14/h3-12H,13H2,1-2H3/b12-9+. The average Bonchev–Trinajstić information content (AvgIpc) is 2.58. The summed E-state index contributed by atoms with van der Waals surface area (Å²) in [4.78, 5) is 12.3. The number of ketones is 1. The molecule has 0 unspecified atom stereocenters. The number of carbonyl (C=O) groups is 1. The molecule has 4 heteroatoms. The maximum atomic E-state index is 12.3. The number of methoxy groups -OCH3 is 2. The summed E-state index contributed by atoms with van der Waals surface area (Å²) in [7, 11) is 3.15. The highest BCUT2D eigenvalue weighted by Crippen LogP contribution is 2.20. The Morgan fingerprint density at radius 1 is 1.05 bits per heavy atom. The summed E-state index contributed by atoms with van der Waals surface area (Å²) < 4.78 is 15.4. The second-order valence-corrected chi connectivity index (χ2v) is 4.52. The van der Waals surface area contributed by atoms with Gasteiger partial charge in [-0.05, 0) is 35.9 Å². The average molecular weight is 298 g/mol. The van der Waals surface area contributed by atoms with Crippen LogP contribution >= 0.6 is 0 Å². The molecule has 0 aliphatic carbocycles. The summed E-state index contributed by atoms with van der Waals surface area (Å²) in [5.74, 6) is 1.16. The predicted molar refractivity (Wildman–Crippen MR) is 85.3 cm³/mol. The minimum Gasteiger partial charge on any atom is -0.497 e. The second kappa shape index (κ2) is 8.00. The summed E-state index contributed by atoms with van der Waals surface area (Å²) in [5, 5.41) is 0. The highest BCUT2D eigenvalue weighted by atomic mass is 16.7. The molecule has 4 nitrogen and oxygen atoms in total. The largest absolute Gasteiger partial charge is 0.497 e. The number of allylic oxidation sites excluding steroid dienone is 1. The van der Waals surface area contributed by atoms with Crippen molar-refractivity contribution in [2.45, 2.75) is 0 Å². The molecule has 22 heavy (non-hydrogen) atoms. The Balaban J connectivity index is 2.12. The van der Waals surface area contributed by atoms with Crippen LogP contribution < -0.4 is 9.47 Å². The Morgan fingerprint density at radius 3 is 2.45 bits per heavy atom. The maximum Gasteiger partial charge on any atom is 0.189 e. The van der Waals surface area contributed by atoms with Crippen molar-refractivity contribution in [2.24, 2.45) is 0 Å². The van der Waals surface area contributed by atoms with Gasteiger partial charge in [0.25, 0.3) is 0 Å². The predicted octanol–water partition coefficient (Wildman–Crippen LogP) is 3.57. The fraction of sp³-hybridized carbons (Fsp3) is 0.167. The lowest BCUT2D eigenvalue weighted by molar-refractivity contribution is 0.0504. The van der Waals surface area contributed by atoms with Crippen LogP contribution in [0.2, 0.25) is 0 Å². The lowest BCUT2D eigenvalue weighted by Crippen LogP contribution is -2.04. The first-order valence-electron chi connectivity index (χ1n) is 6.82. The summed E-state index contributed by atoms with van der Waals surface area (Å²) in [5.41, 5.74) is 1.42. The van der Waals surface area contributed by atoms with E-state index in [2.05, 4.69) is 0 Å². The molecule has 0 fully saturated rings. The molecule has 2 aromatic carbocycles. The summed E-state index contributed by atoms with van der Waals surface area (Å²) >= 11 is 0. The Morgan fingerprint density at radius 2 is 1.77 bits per heavy atom. The van der Waals surface area contributed by atoms with Crippen LogP contribution in [-0.2, 0) is 4.74 Å². The van der Waals surface area contributed by atoms with Gasteiger partial charge in [0.2, 0.25) is 0 Å². The van der Waals surface area contributed by atoms with Crippen LogP contribution in [0.4, 0.5) is 0 Å². The third kappa shape index (κ3) is 4.20. The molecule has 0 amide bonds. The van der Waals surface area contributed by atoms with Crippen molar-refractivity contribution in [1.82, 2.24) is 0 Å². The minimum atomic E-state index is -0.123. The van der Waals surface area contributed by atoms with Crippen molar-refractivity contribution in [3.8, 4) is 11.5 Å². The fourth-order valence-corrected chi connectivity index (χ4v) is 1.90. The van der Waals surface area contributed by atoms with E-state index in [4.69, 9.17) is 14.2 Å². The van der Waals surface area contributed by atoms with Gasteiger partial charge in [-0.25, -0.2) is 0 Å². The van der Waals surface area contributed by atoms with Gasteiger partial charge >= 0.3 is 0 Å². The summed E-state index contributed by atoms with van der Waals surface area (Å²) in [6.45, 7) is 0.104. The summed E-state index contributed by atoms with van der Waals surface area (Å²) in [6, 6.07) is 14.5. The van der Waals surface area contributed by atoms with Gasteiger partial charge in [0, 0.05) is 7.11 Å². The lowest BCUT2D eigenvalue weighted by Gasteiger charge is -2.08. The third-order valence-electron chi connectivity index (χ3n) is 3.03. The van der Waals surface area contributed by atoms with E-state index in [1.54, 1.807) is 31.4 Å². The SMILES string of the molecule is COCOc1ccccc1C(=O)/C=C/c1ccc(OC)cc1. The van der Waals surface area contributed by atoms with Crippen LogP contribution in [0, 0.1) is 0 Å². The molecule has 114 valence electrons. The first-order valence-corrected chi connectivity index (χ1v) is 6.82. The van der Waals surface area contributed by atoms with Crippen molar-refractivity contribution < 1.29 is 19.0 Å². The highest BCUT2D eigenvalue weighted by Gasteiger charge is 2.09. The van der Waals surface area contributed by atoms with Gasteiger partial charge in [0.15, 0.2) is 12.6 Å². The minimum absolute atomic E-state index is 0.104. The molecule has 0 atom stereocenters. The zero-order chi connectivity index (χ0) is 15.8. The quantitative estimate of drug-likeness (QED) is 0.445. The van der Waals surface area contributed by atoms with Crippen molar-refractivity contribution in [1.29, 1.82) is 0 Å². The van der Waals surface area contributed by atoms with Crippen molar-refractivity contribution in [3.63, 3.8) is 0 Å². The Kier molecular flexibility index (Phi) is 5.74. The summed E-state index contributed by atoms with van der Waals surface area (Å²) in [6.07, 6.45) is 3.28. The number of rotatable bonds is 7. The first-order chi connectivity index (χ1) is 10.7. The number of hydrogen-bond acceptors (Lipinski definition) is 4. The Bertz CT molecular complexity index is 644. The number of carbonyl (C=O) groups excluding carboxylic acids is 1. The van der Waals surface area contributed by atoms with Gasteiger partial charge in [-0.2, -0.15) is 0 Å². The van der Waals surface area contributed by atoms with E-state index in [0.717, 1.165) is 11.3 Å². The van der Waals surface area contributed by atoms with Gasteiger partial charge in [-0.15, -0.1) is 0 Å². The molecular formula is C18H18O4. The van der Waals surface area contributed by atoms with E-state index in [1.165, 1.54) is 13.2 Å². The molecule has 2 rings (SSSR count). The maximum absolute atomic E-state index is 12.3. The van der Waals surface area contributed by atoms with E-state index < -0.39 is 0 Å². The zero-order valence-electron chi connectivity index (χ0n) is 12.6. The lowest BCUT2D eigenvalue weighted by atomic mass is 10.1. The van der Waals surface area contributed by atoms with Gasteiger partial charge in [0.1, 0.15) is 11.5 Å². The van der Waals surface area contributed by atoms with E-state index in [1.807, 2.05) is 30.3 Å². The molecule has 0 saturated carbocycles. The molecule has 0 N–H and O–H groups in total. The molecule has 0 heterocycles. The van der Waals surface area contributed by atoms with E-state index in [-0.39, 0.29) is 12.6 Å². The number of ether oxygens (including phenoxy) is 3. The normalized spacial score (nSPS) is 10.6. The smallest absolute Gasteiger partial charge is 0.189 e. The van der Waals surface area contributed by atoms with E-state index >= 15 is 0 Å². The number of para-hydroxylation sites is 1. The van der Waals surface area contributed by atoms with E-state index in [9.17, 15) is 4.79 Å². The van der Waals surface area contributed by atoms with Crippen molar-refractivity contribution >= 4 is 11.9 Å². The van der Waals surface area contributed by atoms with Crippen LogP contribution in [0.25, 0.3) is 6.08 Å². The van der Waals surface area contributed by atoms with Crippen LogP contribution in [0.5, 0.6) is 11.5 Å². The monoisotopic (exact) mass is 298 g/mol. The molecule has 0 aromatic heterocycles. The Labute approximate surface area is 129 Å². The van der Waals surface area contributed by atoms with Crippen molar-refractivity contribution in [3.05, 3.63) is 65.7 Å². The topological polar surface area (TPSA) is 44.8 Å². The first kappa shape index (κ1) is 15.8. The molecule has 0 bridgehead atoms. The molecular weight excluding hydrogens is 280 g/mol. The zero-order valence-corrected chi connectivity index (χ0v) is 12.6. The van der Waals surface area contributed by atoms with Gasteiger partial charge in [-0.3, -0.25) is 4.79 Å². The third-order valence-corrected chi connectivity index (χ3v) is 3.03. The molecule has 0 spiro atoms. The van der Waals surface area contributed by atoms with Crippen molar-refractivity contribution in [2.75, 3.05) is 21.0 Å². The van der Waals surface area contributed by atoms with Gasteiger partial charge in [0.05, 0.1) is 12.7 Å². The van der Waals surface area contributed by atoms with Crippen LogP contribution in [-0.4, -0.2) is 26.8 Å². The number of benzene rings is 2. The second-order valence-electron chi connectivity index (χ2n) is 4.52. The van der Waals surface area contributed by atoms with Crippen LogP contribution in [0.1, 0.15) is 15.9 Å². The fourth-order valence-electron chi connectivity index (χ4n) is 1.90. The molecule has 2 aromatic rings. The molecule has 0 aliphatic heterocycles. The van der Waals surface area contributed by atoms with Crippen LogP contribution in [0.3, 0.4) is 0 Å². The number of hydrogen-bond donors (Lipinski definition) is 0.